The molecule has 4 aromatic rings. The van der Waals surface area contributed by atoms with Gasteiger partial charge >= 0.3 is 0 Å². The molecule has 4 rings (SSSR count). The quantitative estimate of drug-likeness (QED) is 0.564. The Bertz CT molecular complexity index is 1070. The molecule has 0 saturated heterocycles. The second-order valence-electron chi connectivity index (χ2n) is 5.98. The van der Waals surface area contributed by atoms with Crippen LogP contribution >= 0.6 is 0 Å². The first-order valence-corrected chi connectivity index (χ1v) is 8.19. The summed E-state index contributed by atoms with van der Waals surface area (Å²) in [6, 6.07) is 19.4. The minimum Gasteiger partial charge on any atom is -0.340 e. The molecule has 0 amide bonds. The summed E-state index contributed by atoms with van der Waals surface area (Å²) < 4.78 is 1.69. The number of Topliss-reactive ketones (excluding diaryl/α,β-unsaturated/α-hetero) is 1. The van der Waals surface area contributed by atoms with Gasteiger partial charge in [0, 0.05) is 6.20 Å². The normalized spacial score (nSPS) is 12.0. The van der Waals surface area contributed by atoms with Crippen LogP contribution in [0.25, 0.3) is 11.0 Å². The van der Waals surface area contributed by atoms with Gasteiger partial charge in [-0.25, -0.2) is 4.98 Å². The van der Waals surface area contributed by atoms with Gasteiger partial charge in [-0.15, -0.1) is 0 Å². The number of aromatic amines is 1. The second kappa shape index (κ2) is 6.65. The van der Waals surface area contributed by atoms with Crippen LogP contribution in [0.4, 0.5) is 0 Å². The number of fused-ring (bicyclic) bond motifs is 1. The Morgan fingerprint density at radius 1 is 1.15 bits per heavy atom. The van der Waals surface area contributed by atoms with E-state index >= 15 is 0 Å². The highest BCUT2D eigenvalue weighted by Crippen LogP contribution is 2.21. The van der Waals surface area contributed by atoms with E-state index in [0.717, 1.165) is 16.6 Å². The largest absolute Gasteiger partial charge is 0.340 e. The fourth-order valence-corrected chi connectivity index (χ4v) is 2.87. The molecule has 0 radical (unpaired) electrons. The molecule has 0 aliphatic carbocycles. The van der Waals surface area contributed by atoms with Crippen LogP contribution in [0.1, 0.15) is 27.7 Å². The van der Waals surface area contributed by atoms with Crippen molar-refractivity contribution in [1.29, 1.82) is 5.26 Å². The first kappa shape index (κ1) is 15.8. The van der Waals surface area contributed by atoms with Crippen molar-refractivity contribution in [3.8, 4) is 6.07 Å². The number of ketones is 1. The van der Waals surface area contributed by atoms with Crippen molar-refractivity contribution in [3.05, 3.63) is 83.9 Å². The Morgan fingerprint density at radius 3 is 2.69 bits per heavy atom. The lowest BCUT2D eigenvalue weighted by Crippen LogP contribution is -2.12. The predicted octanol–water partition coefficient (Wildman–Crippen LogP) is 3.30. The molecule has 1 atom stereocenters. The van der Waals surface area contributed by atoms with E-state index in [1.165, 1.54) is 6.20 Å². The third-order valence-corrected chi connectivity index (χ3v) is 4.18. The van der Waals surface area contributed by atoms with Crippen LogP contribution in [0.3, 0.4) is 0 Å². The number of nitrogens with zero attached hydrogens (tertiary/aromatic N) is 4. The fourth-order valence-electron chi connectivity index (χ4n) is 2.87. The van der Waals surface area contributed by atoms with E-state index in [9.17, 15) is 10.1 Å². The van der Waals surface area contributed by atoms with Crippen molar-refractivity contribution in [2.45, 2.75) is 12.5 Å². The maximum Gasteiger partial charge on any atom is 0.190 e. The van der Waals surface area contributed by atoms with Gasteiger partial charge in [-0.1, -0.05) is 42.5 Å². The fraction of sp³-hybridized carbons (Fsp3) is 0.100. The average Bonchev–Trinajstić information content (AvgIpc) is 3.30. The summed E-state index contributed by atoms with van der Waals surface area (Å²) in [6.45, 7) is 0.565. The van der Waals surface area contributed by atoms with Gasteiger partial charge in [0.25, 0.3) is 0 Å². The molecule has 0 spiro atoms. The molecule has 0 fully saturated rings. The highest BCUT2D eigenvalue weighted by molar-refractivity contribution is 6.02. The van der Waals surface area contributed by atoms with Gasteiger partial charge in [0.05, 0.1) is 35.4 Å². The zero-order valence-corrected chi connectivity index (χ0v) is 13.8. The van der Waals surface area contributed by atoms with Gasteiger partial charge < -0.3 is 4.98 Å². The Labute approximate surface area is 149 Å². The van der Waals surface area contributed by atoms with Crippen LogP contribution in [0, 0.1) is 11.3 Å². The van der Waals surface area contributed by atoms with Crippen molar-refractivity contribution in [2.75, 3.05) is 0 Å². The van der Waals surface area contributed by atoms with E-state index in [0.29, 0.717) is 17.9 Å². The molecular formula is C20H15N5O. The molecule has 2 aromatic carbocycles. The molecule has 0 aliphatic heterocycles. The van der Waals surface area contributed by atoms with Crippen LogP contribution in [0.15, 0.2) is 67.0 Å². The lowest BCUT2D eigenvalue weighted by molar-refractivity contribution is 0.0976. The van der Waals surface area contributed by atoms with Crippen molar-refractivity contribution >= 4 is 16.8 Å². The van der Waals surface area contributed by atoms with Crippen molar-refractivity contribution in [3.63, 3.8) is 0 Å². The molecular weight excluding hydrogens is 326 g/mol. The number of rotatable bonds is 5. The summed E-state index contributed by atoms with van der Waals surface area (Å²) in [4.78, 5) is 20.2. The summed E-state index contributed by atoms with van der Waals surface area (Å²) in [5.41, 5.74) is 3.02. The zero-order chi connectivity index (χ0) is 17.9. The van der Waals surface area contributed by atoms with Crippen LogP contribution < -0.4 is 0 Å². The number of aromatic nitrogens is 4. The Kier molecular flexibility index (Phi) is 4.04. The number of hydrogen-bond donors (Lipinski definition) is 1. The summed E-state index contributed by atoms with van der Waals surface area (Å²) in [6.07, 6.45) is 3.17. The monoisotopic (exact) mass is 341 g/mol. The number of hydrogen-bond acceptors (Lipinski definition) is 4. The van der Waals surface area contributed by atoms with Gasteiger partial charge in [0.15, 0.2) is 11.7 Å². The average molecular weight is 341 g/mol. The number of H-pyrrole nitrogens is 1. The summed E-state index contributed by atoms with van der Waals surface area (Å²) in [7, 11) is 0. The van der Waals surface area contributed by atoms with Crippen molar-refractivity contribution in [2.24, 2.45) is 0 Å². The van der Waals surface area contributed by atoms with Gasteiger partial charge in [-0.05, 0) is 17.7 Å². The highest BCUT2D eigenvalue weighted by Gasteiger charge is 2.26. The number of carbonyl (C=O) groups excluding carboxylic acids is 1. The molecule has 2 aromatic heterocycles. The first-order valence-electron chi connectivity index (χ1n) is 8.19. The van der Waals surface area contributed by atoms with E-state index in [2.05, 4.69) is 21.1 Å². The standard InChI is InChI=1S/C20H15N5O/c21-10-16(20-23-17-8-4-5-9-18(17)24-20)19(26)15-11-22-25(13-15)12-14-6-2-1-3-7-14/h1-9,11,13,16H,12H2,(H,23,24). The summed E-state index contributed by atoms with van der Waals surface area (Å²) >= 11 is 0. The van der Waals surface area contributed by atoms with Gasteiger partial charge in [0.1, 0.15) is 5.82 Å². The molecule has 26 heavy (non-hydrogen) atoms. The zero-order valence-electron chi connectivity index (χ0n) is 13.8. The molecule has 126 valence electrons. The van der Waals surface area contributed by atoms with Gasteiger partial charge in [-0.2, -0.15) is 10.4 Å². The Balaban J connectivity index is 1.58. The van der Waals surface area contributed by atoms with Crippen LogP contribution in [0.2, 0.25) is 0 Å². The molecule has 2 heterocycles. The number of imidazole rings is 1. The minimum atomic E-state index is -0.989. The molecule has 0 aliphatic rings. The lowest BCUT2D eigenvalue weighted by Gasteiger charge is -2.03. The number of benzene rings is 2. The van der Waals surface area contributed by atoms with Crippen molar-refractivity contribution < 1.29 is 4.79 Å². The molecule has 6 heteroatoms. The molecule has 0 bridgehead atoms. The second-order valence-corrected chi connectivity index (χ2v) is 5.98. The number of para-hydroxylation sites is 2. The van der Waals surface area contributed by atoms with Crippen LogP contribution in [0.5, 0.6) is 0 Å². The number of carbonyl (C=O) groups is 1. The van der Waals surface area contributed by atoms with E-state index in [1.54, 1.807) is 10.9 Å². The highest BCUT2D eigenvalue weighted by atomic mass is 16.1. The van der Waals surface area contributed by atoms with E-state index in [1.807, 2.05) is 54.6 Å². The first-order chi connectivity index (χ1) is 12.7. The van der Waals surface area contributed by atoms with E-state index in [-0.39, 0.29) is 5.78 Å². The predicted molar refractivity (Wildman–Crippen MR) is 96.5 cm³/mol. The number of nitriles is 1. The topological polar surface area (TPSA) is 87.4 Å². The number of nitrogens with one attached hydrogen (secondary N) is 1. The molecule has 6 nitrogen and oxygen atoms in total. The Morgan fingerprint density at radius 2 is 1.92 bits per heavy atom. The summed E-state index contributed by atoms with van der Waals surface area (Å²) in [5, 5.41) is 13.8. The third kappa shape index (κ3) is 2.98. The van der Waals surface area contributed by atoms with E-state index < -0.39 is 5.92 Å². The smallest absolute Gasteiger partial charge is 0.190 e. The minimum absolute atomic E-state index is 0.314. The van der Waals surface area contributed by atoms with Crippen LogP contribution in [-0.4, -0.2) is 25.5 Å². The summed E-state index contributed by atoms with van der Waals surface area (Å²) in [5.74, 6) is -0.947. The third-order valence-electron chi connectivity index (χ3n) is 4.18. The van der Waals surface area contributed by atoms with Gasteiger partial charge in [-0.3, -0.25) is 9.48 Å². The molecule has 1 N–H and O–H groups in total. The SMILES string of the molecule is N#CC(C(=O)c1cnn(Cc2ccccc2)c1)c1nc2ccccc2[nH]1. The van der Waals surface area contributed by atoms with Crippen LogP contribution in [-0.2, 0) is 6.54 Å². The molecule has 0 saturated carbocycles. The Hall–Kier alpha value is -3.72. The van der Waals surface area contributed by atoms with Crippen molar-refractivity contribution in [1.82, 2.24) is 19.7 Å². The van der Waals surface area contributed by atoms with E-state index in [4.69, 9.17) is 0 Å². The molecule has 1 unspecified atom stereocenters. The maximum atomic E-state index is 12.8. The van der Waals surface area contributed by atoms with Gasteiger partial charge in [0.2, 0.25) is 0 Å². The lowest BCUT2D eigenvalue weighted by atomic mass is 10.0. The maximum absolute atomic E-state index is 12.8.